The van der Waals surface area contributed by atoms with Crippen molar-refractivity contribution in [2.45, 2.75) is 57.0 Å². The number of carbonyl (C=O) groups is 5. The van der Waals surface area contributed by atoms with Crippen molar-refractivity contribution in [2.75, 3.05) is 0 Å². The lowest BCUT2D eigenvalue weighted by atomic mass is 10.0. The summed E-state index contributed by atoms with van der Waals surface area (Å²) in [5.74, 6) is -5.80. The number of aliphatic hydroxyl groups is 1. The number of aromatic hydroxyl groups is 1. The van der Waals surface area contributed by atoms with E-state index in [-0.39, 0.29) is 12.2 Å². The standard InChI is InChI=1S/C20H28N4O9/c1-9(21)17(29)24-16(10(2)25)19(31)22-13(7-11-3-5-12(26)6-4-11)18(30)23-14(20(32)33)8-15(27)28/h3-6,9-10,13-14,16,25-26H,7-8,21H2,1-2H3,(H,22,31)(H,23,30)(H,24,29)(H,27,28)(H,32,33). The minimum atomic E-state index is -1.76. The summed E-state index contributed by atoms with van der Waals surface area (Å²) in [6.45, 7) is 2.59. The molecule has 0 saturated heterocycles. The summed E-state index contributed by atoms with van der Waals surface area (Å²) >= 11 is 0. The zero-order valence-electron chi connectivity index (χ0n) is 18.0. The van der Waals surface area contributed by atoms with Crippen molar-refractivity contribution in [2.24, 2.45) is 5.73 Å². The first-order valence-electron chi connectivity index (χ1n) is 9.89. The maximum Gasteiger partial charge on any atom is 0.326 e. The van der Waals surface area contributed by atoms with Gasteiger partial charge in [0.15, 0.2) is 0 Å². The Balaban J connectivity index is 3.14. The van der Waals surface area contributed by atoms with Crippen LogP contribution in [0.2, 0.25) is 0 Å². The number of phenols is 1. The molecule has 0 aliphatic heterocycles. The van der Waals surface area contributed by atoms with E-state index in [1.165, 1.54) is 38.1 Å². The molecule has 0 aromatic heterocycles. The molecule has 3 amide bonds. The third-order valence-corrected chi connectivity index (χ3v) is 4.48. The highest BCUT2D eigenvalue weighted by molar-refractivity contribution is 5.95. The Hall–Kier alpha value is -3.71. The number of phenolic OH excluding ortho intramolecular Hbond substituents is 1. The fourth-order valence-electron chi connectivity index (χ4n) is 2.68. The average Bonchev–Trinajstić information content (AvgIpc) is 2.71. The molecule has 0 aliphatic carbocycles. The fourth-order valence-corrected chi connectivity index (χ4v) is 2.68. The fraction of sp³-hybridized carbons (Fsp3) is 0.450. The van der Waals surface area contributed by atoms with Crippen LogP contribution in [-0.4, -0.2) is 80.4 Å². The molecule has 0 aliphatic rings. The highest BCUT2D eigenvalue weighted by atomic mass is 16.4. The van der Waals surface area contributed by atoms with Crippen LogP contribution in [0.25, 0.3) is 0 Å². The number of rotatable bonds is 12. The number of nitrogens with one attached hydrogen (secondary N) is 3. The van der Waals surface area contributed by atoms with E-state index in [4.69, 9.17) is 10.8 Å². The molecule has 1 aromatic carbocycles. The molecule has 0 heterocycles. The van der Waals surface area contributed by atoms with Crippen LogP contribution in [0, 0.1) is 0 Å². The van der Waals surface area contributed by atoms with Crippen LogP contribution in [0.4, 0.5) is 0 Å². The molecule has 0 bridgehead atoms. The van der Waals surface area contributed by atoms with Crippen LogP contribution in [0.15, 0.2) is 24.3 Å². The molecule has 182 valence electrons. The quantitative estimate of drug-likeness (QED) is 0.163. The molecule has 5 atom stereocenters. The van der Waals surface area contributed by atoms with Crippen LogP contribution in [0.5, 0.6) is 5.75 Å². The van der Waals surface area contributed by atoms with Gasteiger partial charge in [0, 0.05) is 6.42 Å². The number of amides is 3. The molecular formula is C20H28N4O9. The molecule has 1 aromatic rings. The van der Waals surface area contributed by atoms with Gasteiger partial charge in [-0.2, -0.15) is 0 Å². The second-order valence-electron chi connectivity index (χ2n) is 7.44. The Morgan fingerprint density at radius 1 is 0.879 bits per heavy atom. The first kappa shape index (κ1) is 27.3. The van der Waals surface area contributed by atoms with Crippen molar-refractivity contribution >= 4 is 29.7 Å². The topological polar surface area (TPSA) is 228 Å². The van der Waals surface area contributed by atoms with Crippen LogP contribution < -0.4 is 21.7 Å². The minimum absolute atomic E-state index is 0.0519. The molecule has 0 fully saturated rings. The van der Waals surface area contributed by atoms with E-state index in [0.29, 0.717) is 5.56 Å². The van der Waals surface area contributed by atoms with E-state index < -0.39 is 66.4 Å². The smallest absolute Gasteiger partial charge is 0.326 e. The summed E-state index contributed by atoms with van der Waals surface area (Å²) in [7, 11) is 0. The van der Waals surface area contributed by atoms with Gasteiger partial charge in [-0.3, -0.25) is 19.2 Å². The predicted octanol–water partition coefficient (Wildman–Crippen LogP) is -2.32. The van der Waals surface area contributed by atoms with Crippen molar-refractivity contribution in [3.8, 4) is 5.75 Å². The van der Waals surface area contributed by atoms with E-state index >= 15 is 0 Å². The number of hydrogen-bond acceptors (Lipinski definition) is 8. The Kier molecular flexibility index (Phi) is 10.2. The zero-order valence-corrected chi connectivity index (χ0v) is 18.0. The lowest BCUT2D eigenvalue weighted by Crippen LogP contribution is -2.60. The SMILES string of the molecule is CC(N)C(=O)NC(C(=O)NC(Cc1ccc(O)cc1)C(=O)NC(CC(=O)O)C(=O)O)C(C)O. The van der Waals surface area contributed by atoms with Crippen LogP contribution in [0.1, 0.15) is 25.8 Å². The van der Waals surface area contributed by atoms with Crippen molar-refractivity contribution in [1.29, 1.82) is 0 Å². The van der Waals surface area contributed by atoms with E-state index in [0.717, 1.165) is 0 Å². The monoisotopic (exact) mass is 468 g/mol. The lowest BCUT2D eigenvalue weighted by Gasteiger charge is -2.26. The molecule has 0 spiro atoms. The molecule has 13 heteroatoms. The summed E-state index contributed by atoms with van der Waals surface area (Å²) in [6, 6.07) is -0.0629. The molecule has 0 radical (unpaired) electrons. The van der Waals surface area contributed by atoms with E-state index in [2.05, 4.69) is 16.0 Å². The zero-order chi connectivity index (χ0) is 25.3. The van der Waals surface area contributed by atoms with Gasteiger partial charge in [-0.1, -0.05) is 12.1 Å². The predicted molar refractivity (Wildman–Crippen MR) is 113 cm³/mol. The lowest BCUT2D eigenvalue weighted by molar-refractivity contribution is -0.147. The normalized spacial score (nSPS) is 15.3. The summed E-state index contributed by atoms with van der Waals surface area (Å²) in [5, 5.41) is 44.0. The molecular weight excluding hydrogens is 440 g/mol. The van der Waals surface area contributed by atoms with Crippen LogP contribution in [0.3, 0.4) is 0 Å². The number of carboxylic acid groups (broad SMARTS) is 2. The van der Waals surface area contributed by atoms with Gasteiger partial charge in [-0.15, -0.1) is 0 Å². The Morgan fingerprint density at radius 2 is 1.42 bits per heavy atom. The third kappa shape index (κ3) is 9.13. The number of hydrogen-bond donors (Lipinski definition) is 8. The van der Waals surface area contributed by atoms with Gasteiger partial charge in [0.1, 0.15) is 23.9 Å². The maximum atomic E-state index is 12.8. The van der Waals surface area contributed by atoms with Crippen LogP contribution in [-0.2, 0) is 30.4 Å². The van der Waals surface area contributed by atoms with E-state index in [9.17, 15) is 39.3 Å². The Labute approximate surface area is 189 Å². The molecule has 0 saturated carbocycles. The molecule has 1 rings (SSSR count). The summed E-state index contributed by atoms with van der Waals surface area (Å²) in [5.41, 5.74) is 5.92. The van der Waals surface area contributed by atoms with Gasteiger partial charge >= 0.3 is 11.9 Å². The summed E-state index contributed by atoms with van der Waals surface area (Å²) < 4.78 is 0. The van der Waals surface area contributed by atoms with E-state index in [1.807, 2.05) is 0 Å². The molecule has 13 nitrogen and oxygen atoms in total. The maximum absolute atomic E-state index is 12.8. The number of carbonyl (C=O) groups excluding carboxylic acids is 3. The van der Waals surface area contributed by atoms with Crippen LogP contribution >= 0.6 is 0 Å². The number of carboxylic acids is 2. The minimum Gasteiger partial charge on any atom is -0.508 e. The summed E-state index contributed by atoms with van der Waals surface area (Å²) in [4.78, 5) is 59.6. The number of aliphatic carboxylic acids is 2. The van der Waals surface area contributed by atoms with Crippen molar-refractivity contribution in [1.82, 2.24) is 16.0 Å². The number of nitrogens with two attached hydrogens (primary N) is 1. The van der Waals surface area contributed by atoms with Crippen molar-refractivity contribution in [3.63, 3.8) is 0 Å². The first-order chi connectivity index (χ1) is 15.3. The largest absolute Gasteiger partial charge is 0.508 e. The van der Waals surface area contributed by atoms with Gasteiger partial charge in [0.05, 0.1) is 18.6 Å². The number of benzene rings is 1. The first-order valence-corrected chi connectivity index (χ1v) is 9.89. The third-order valence-electron chi connectivity index (χ3n) is 4.48. The number of aliphatic hydroxyl groups excluding tert-OH is 1. The van der Waals surface area contributed by atoms with Gasteiger partial charge in [-0.25, -0.2) is 4.79 Å². The summed E-state index contributed by atoms with van der Waals surface area (Å²) in [6.07, 6.45) is -2.45. The van der Waals surface area contributed by atoms with Gasteiger partial charge in [0.2, 0.25) is 17.7 Å². The molecule has 33 heavy (non-hydrogen) atoms. The molecule has 9 N–H and O–H groups in total. The van der Waals surface area contributed by atoms with Crippen molar-refractivity contribution in [3.05, 3.63) is 29.8 Å². The van der Waals surface area contributed by atoms with Gasteiger partial charge in [0.25, 0.3) is 0 Å². The van der Waals surface area contributed by atoms with Crippen molar-refractivity contribution < 1.29 is 44.4 Å². The Morgan fingerprint density at radius 3 is 1.88 bits per heavy atom. The Bertz CT molecular complexity index is 871. The second kappa shape index (κ2) is 12.4. The highest BCUT2D eigenvalue weighted by Crippen LogP contribution is 2.12. The van der Waals surface area contributed by atoms with E-state index in [1.54, 1.807) is 0 Å². The van der Waals surface area contributed by atoms with Gasteiger partial charge < -0.3 is 42.1 Å². The molecule has 5 unspecified atom stereocenters. The van der Waals surface area contributed by atoms with Gasteiger partial charge in [-0.05, 0) is 31.5 Å². The highest BCUT2D eigenvalue weighted by Gasteiger charge is 2.32. The average molecular weight is 468 g/mol. The second-order valence-corrected chi connectivity index (χ2v) is 7.44.